The molecule has 0 radical (unpaired) electrons. The Balaban J connectivity index is 1.90. The first kappa shape index (κ1) is 20.0. The predicted molar refractivity (Wildman–Crippen MR) is 114 cm³/mol. The van der Waals surface area contributed by atoms with Gasteiger partial charge in [-0.2, -0.15) is 5.26 Å². The number of rotatable bonds is 6. The Kier molecular flexibility index (Phi) is 5.90. The molecule has 146 valence electrons. The first-order valence-corrected chi connectivity index (χ1v) is 9.53. The summed E-state index contributed by atoms with van der Waals surface area (Å²) in [6, 6.07) is 12.7. The van der Waals surface area contributed by atoms with Crippen LogP contribution in [0.3, 0.4) is 0 Å². The molecule has 0 amide bonds. The van der Waals surface area contributed by atoms with Crippen molar-refractivity contribution in [2.24, 2.45) is 0 Å². The molecule has 0 aliphatic heterocycles. The van der Waals surface area contributed by atoms with Gasteiger partial charge in [0.1, 0.15) is 28.1 Å². The third-order valence-electron chi connectivity index (χ3n) is 4.29. The number of nitriles is 1. The van der Waals surface area contributed by atoms with E-state index in [-0.39, 0.29) is 16.9 Å². The first-order valence-electron chi connectivity index (χ1n) is 8.65. The van der Waals surface area contributed by atoms with Gasteiger partial charge in [0.15, 0.2) is 0 Å². The Morgan fingerprint density at radius 3 is 2.76 bits per heavy atom. The zero-order valence-corrected chi connectivity index (χ0v) is 16.9. The van der Waals surface area contributed by atoms with Crippen LogP contribution in [0.5, 0.6) is 5.75 Å². The van der Waals surface area contributed by atoms with E-state index in [4.69, 9.17) is 4.74 Å². The van der Waals surface area contributed by atoms with Crippen molar-refractivity contribution in [3.8, 4) is 23.1 Å². The van der Waals surface area contributed by atoms with E-state index in [1.807, 2.05) is 31.4 Å². The second-order valence-corrected chi connectivity index (χ2v) is 7.17. The molecular weight excluding hydrogens is 388 g/mol. The average Bonchev–Trinajstić information content (AvgIpc) is 3.18. The van der Waals surface area contributed by atoms with Gasteiger partial charge in [-0.05, 0) is 31.5 Å². The summed E-state index contributed by atoms with van der Waals surface area (Å²) in [7, 11) is 1.44. The van der Waals surface area contributed by atoms with E-state index in [0.29, 0.717) is 10.8 Å². The lowest BCUT2D eigenvalue weighted by molar-refractivity contribution is -0.384. The highest BCUT2D eigenvalue weighted by atomic mass is 32.1. The lowest BCUT2D eigenvalue weighted by Gasteiger charge is -2.05. The number of aryl methyl sites for hydroxylation is 2. The number of ether oxygens (including phenoxy) is 1. The van der Waals surface area contributed by atoms with Crippen molar-refractivity contribution in [2.45, 2.75) is 13.8 Å². The zero-order chi connectivity index (χ0) is 21.0. The first-order chi connectivity index (χ1) is 13.9. The zero-order valence-electron chi connectivity index (χ0n) is 16.1. The molecule has 0 saturated carbocycles. The molecule has 3 aromatic rings. The monoisotopic (exact) mass is 406 g/mol. The van der Waals surface area contributed by atoms with Crippen molar-refractivity contribution < 1.29 is 9.66 Å². The van der Waals surface area contributed by atoms with Crippen LogP contribution < -0.4 is 10.1 Å². The fourth-order valence-corrected chi connectivity index (χ4v) is 3.61. The summed E-state index contributed by atoms with van der Waals surface area (Å²) in [4.78, 5) is 15.4. The molecule has 8 heteroatoms. The minimum absolute atomic E-state index is 0.145. The summed E-state index contributed by atoms with van der Waals surface area (Å²) in [6.07, 6.45) is 1.43. The molecule has 7 nitrogen and oxygen atoms in total. The Bertz CT molecular complexity index is 1150. The summed E-state index contributed by atoms with van der Waals surface area (Å²) in [5, 5.41) is 26.1. The Morgan fingerprint density at radius 1 is 1.31 bits per heavy atom. The normalized spacial score (nSPS) is 11.0. The van der Waals surface area contributed by atoms with Crippen LogP contribution in [0.1, 0.15) is 16.1 Å². The number of nitrogens with zero attached hydrogens (tertiary/aromatic N) is 3. The van der Waals surface area contributed by atoms with Crippen molar-refractivity contribution in [3.05, 3.63) is 74.2 Å². The molecule has 0 unspecified atom stereocenters. The van der Waals surface area contributed by atoms with E-state index < -0.39 is 4.92 Å². The fourth-order valence-electron chi connectivity index (χ4n) is 2.83. The van der Waals surface area contributed by atoms with Gasteiger partial charge < -0.3 is 10.1 Å². The van der Waals surface area contributed by atoms with Crippen LogP contribution in [0, 0.1) is 35.3 Å². The molecule has 3 rings (SSSR count). The maximum absolute atomic E-state index is 11.3. The molecule has 1 N–H and O–H groups in total. The third-order valence-corrected chi connectivity index (χ3v) is 5.16. The van der Waals surface area contributed by atoms with Crippen LogP contribution in [-0.2, 0) is 0 Å². The Morgan fingerprint density at radius 2 is 2.10 bits per heavy atom. The van der Waals surface area contributed by atoms with Crippen molar-refractivity contribution in [2.75, 3.05) is 12.4 Å². The number of anilines is 1. The van der Waals surface area contributed by atoms with Gasteiger partial charge in [-0.1, -0.05) is 23.8 Å². The minimum atomic E-state index is -0.508. The maximum Gasteiger partial charge on any atom is 0.296 e. The largest absolute Gasteiger partial charge is 0.496 e. The molecule has 2 aromatic carbocycles. The van der Waals surface area contributed by atoms with Crippen molar-refractivity contribution in [1.29, 1.82) is 5.26 Å². The van der Waals surface area contributed by atoms with Gasteiger partial charge >= 0.3 is 0 Å². The molecule has 0 spiro atoms. The maximum atomic E-state index is 11.3. The van der Waals surface area contributed by atoms with Gasteiger partial charge in [-0.15, -0.1) is 11.3 Å². The van der Waals surface area contributed by atoms with Crippen LogP contribution >= 0.6 is 11.3 Å². The molecule has 0 aliphatic carbocycles. The van der Waals surface area contributed by atoms with E-state index in [1.54, 1.807) is 6.07 Å². The van der Waals surface area contributed by atoms with Gasteiger partial charge in [0.2, 0.25) is 0 Å². The highest BCUT2D eigenvalue weighted by molar-refractivity contribution is 7.11. The summed E-state index contributed by atoms with van der Waals surface area (Å²) >= 11 is 1.35. The molecule has 1 aromatic heterocycles. The second-order valence-electron chi connectivity index (χ2n) is 6.31. The number of allylic oxidation sites excluding steroid dienone is 1. The molecule has 0 saturated heterocycles. The van der Waals surface area contributed by atoms with Gasteiger partial charge in [0.05, 0.1) is 23.8 Å². The van der Waals surface area contributed by atoms with E-state index in [2.05, 4.69) is 22.4 Å². The summed E-state index contributed by atoms with van der Waals surface area (Å²) in [5.41, 5.74) is 4.48. The van der Waals surface area contributed by atoms with E-state index in [0.717, 1.165) is 16.8 Å². The molecular formula is C21H18N4O3S. The number of thiazole rings is 1. The standard InChI is InChI=1S/C21H18N4O3S/c1-13-4-6-17(14(2)8-13)19-12-29-21(24-19)15(10-22)11-23-18-7-5-16(28-3)9-20(18)25(26)27/h4-9,11-12,23H,1-3H3. The van der Waals surface area contributed by atoms with Crippen LogP contribution in [0.2, 0.25) is 0 Å². The number of aromatic nitrogens is 1. The van der Waals surface area contributed by atoms with Crippen molar-refractivity contribution >= 4 is 28.3 Å². The highest BCUT2D eigenvalue weighted by Crippen LogP contribution is 2.31. The molecule has 0 bridgehead atoms. The van der Waals surface area contributed by atoms with Crippen LogP contribution in [0.25, 0.3) is 16.8 Å². The van der Waals surface area contributed by atoms with Crippen LogP contribution in [0.4, 0.5) is 11.4 Å². The summed E-state index contributed by atoms with van der Waals surface area (Å²) < 4.78 is 5.03. The number of hydrogen-bond donors (Lipinski definition) is 1. The Labute approximate surface area is 172 Å². The second kappa shape index (κ2) is 8.54. The molecule has 1 heterocycles. The van der Waals surface area contributed by atoms with Gasteiger partial charge in [0.25, 0.3) is 5.69 Å². The number of hydrogen-bond acceptors (Lipinski definition) is 7. The molecule has 0 fully saturated rings. The van der Waals surface area contributed by atoms with Gasteiger partial charge in [0, 0.05) is 17.1 Å². The summed E-state index contributed by atoms with van der Waals surface area (Å²) in [5.74, 6) is 0.379. The van der Waals surface area contributed by atoms with E-state index in [9.17, 15) is 15.4 Å². The third kappa shape index (κ3) is 4.42. The highest BCUT2D eigenvalue weighted by Gasteiger charge is 2.15. The Hall–Kier alpha value is -3.70. The summed E-state index contributed by atoms with van der Waals surface area (Å²) in [6.45, 7) is 4.05. The van der Waals surface area contributed by atoms with Crippen molar-refractivity contribution in [3.63, 3.8) is 0 Å². The SMILES string of the molecule is COc1ccc(NC=C(C#N)c2nc(-c3ccc(C)cc3C)cs2)c([N+](=O)[O-])c1. The fraction of sp³-hybridized carbons (Fsp3) is 0.143. The van der Waals surface area contributed by atoms with Gasteiger partial charge in [-0.3, -0.25) is 10.1 Å². The quantitative estimate of drug-likeness (QED) is 0.338. The van der Waals surface area contributed by atoms with E-state index >= 15 is 0 Å². The van der Waals surface area contributed by atoms with Gasteiger partial charge in [-0.25, -0.2) is 4.98 Å². The predicted octanol–water partition coefficient (Wildman–Crippen LogP) is 5.32. The van der Waals surface area contributed by atoms with Crippen LogP contribution in [0.15, 0.2) is 48.0 Å². The molecule has 29 heavy (non-hydrogen) atoms. The lowest BCUT2D eigenvalue weighted by atomic mass is 10.0. The number of nitro benzene ring substituents is 1. The average molecular weight is 406 g/mol. The molecule has 0 atom stereocenters. The van der Waals surface area contributed by atoms with E-state index in [1.165, 1.54) is 42.3 Å². The minimum Gasteiger partial charge on any atom is -0.496 e. The topological polar surface area (TPSA) is 101 Å². The number of nitrogens with one attached hydrogen (secondary N) is 1. The number of methoxy groups -OCH3 is 1. The molecule has 0 aliphatic rings. The number of nitro groups is 1. The number of benzene rings is 2. The van der Waals surface area contributed by atoms with Crippen LogP contribution in [-0.4, -0.2) is 17.0 Å². The smallest absolute Gasteiger partial charge is 0.296 e. The van der Waals surface area contributed by atoms with Crippen molar-refractivity contribution in [1.82, 2.24) is 4.98 Å². The lowest BCUT2D eigenvalue weighted by Crippen LogP contribution is -1.98.